The molecule has 2 saturated heterocycles. The van der Waals surface area contributed by atoms with E-state index in [0.717, 1.165) is 75.1 Å². The number of amides is 5. The molecule has 2 atom stereocenters. The quantitative estimate of drug-likeness (QED) is 0.105. The molecule has 2 aromatic carbocycles. The highest BCUT2D eigenvalue weighted by Gasteiger charge is 2.36. The minimum absolute atomic E-state index is 0.0884. The van der Waals surface area contributed by atoms with E-state index in [2.05, 4.69) is 36.1 Å². The van der Waals surface area contributed by atoms with E-state index in [1.807, 2.05) is 6.07 Å². The number of alkyl halides is 3. The number of nitriles is 1. The second-order valence-electron chi connectivity index (χ2n) is 14.4. The lowest BCUT2D eigenvalue weighted by Crippen LogP contribution is -2.52. The largest absolute Gasteiger partial charge is 0.490 e. The van der Waals surface area contributed by atoms with Crippen molar-refractivity contribution in [2.45, 2.75) is 69.8 Å². The second-order valence-corrected chi connectivity index (χ2v) is 14.4. The Balaban J connectivity index is 0.949. The molecule has 2 aliphatic rings. The number of rotatable bonds is 16. The minimum Gasteiger partial charge on any atom is -0.490 e. The van der Waals surface area contributed by atoms with Gasteiger partial charge in [0.25, 0.3) is 5.91 Å². The van der Waals surface area contributed by atoms with Crippen molar-refractivity contribution in [3.63, 3.8) is 0 Å². The zero-order chi connectivity index (χ0) is 41.9. The van der Waals surface area contributed by atoms with Gasteiger partial charge in [0.1, 0.15) is 24.2 Å². The number of hydrogen-bond acceptors (Lipinski definition) is 11. The van der Waals surface area contributed by atoms with Crippen LogP contribution in [-0.2, 0) is 43.1 Å². The summed E-state index contributed by atoms with van der Waals surface area (Å²) < 4.78 is 45.4. The van der Waals surface area contributed by atoms with Gasteiger partial charge >= 0.3 is 6.18 Å². The van der Waals surface area contributed by atoms with Gasteiger partial charge < -0.3 is 30.7 Å². The first kappa shape index (κ1) is 43.1. The average Bonchev–Trinajstić information content (AvgIpc) is 3.19. The van der Waals surface area contributed by atoms with E-state index in [0.29, 0.717) is 24.7 Å². The van der Waals surface area contributed by atoms with Crippen LogP contribution in [0.1, 0.15) is 61.3 Å². The van der Waals surface area contributed by atoms with Gasteiger partial charge in [-0.1, -0.05) is 12.1 Å². The predicted octanol–water partition coefficient (Wildman–Crippen LogP) is 2.81. The van der Waals surface area contributed by atoms with Crippen LogP contribution in [0.2, 0.25) is 0 Å². The molecule has 18 heteroatoms. The van der Waals surface area contributed by atoms with Crippen molar-refractivity contribution in [3.05, 3.63) is 83.0 Å². The molecule has 0 aliphatic carbocycles. The first-order chi connectivity index (χ1) is 27.6. The van der Waals surface area contributed by atoms with Crippen LogP contribution in [0.5, 0.6) is 5.75 Å². The molecule has 2 fully saturated rings. The van der Waals surface area contributed by atoms with E-state index in [4.69, 9.17) is 10.00 Å². The summed E-state index contributed by atoms with van der Waals surface area (Å²) in [7, 11) is 0. The van der Waals surface area contributed by atoms with Crippen LogP contribution >= 0.6 is 0 Å². The number of imide groups is 1. The van der Waals surface area contributed by atoms with Crippen molar-refractivity contribution in [3.8, 4) is 11.8 Å². The molecule has 15 nitrogen and oxygen atoms in total. The molecule has 0 bridgehead atoms. The number of aromatic nitrogens is 1. The Morgan fingerprint density at radius 3 is 2.43 bits per heavy atom. The zero-order valence-corrected chi connectivity index (χ0v) is 31.9. The number of benzene rings is 2. The monoisotopic (exact) mass is 806 g/mol. The van der Waals surface area contributed by atoms with Crippen LogP contribution in [-0.4, -0.2) is 95.5 Å². The van der Waals surface area contributed by atoms with E-state index in [9.17, 15) is 42.3 Å². The Morgan fingerprint density at radius 1 is 1.00 bits per heavy atom. The van der Waals surface area contributed by atoms with Crippen molar-refractivity contribution >= 4 is 41.0 Å². The number of nitrogens with one attached hydrogen (secondary N) is 4. The van der Waals surface area contributed by atoms with E-state index < -0.39 is 47.4 Å². The van der Waals surface area contributed by atoms with Crippen molar-refractivity contribution in [2.75, 3.05) is 49.5 Å². The molecule has 5 rings (SSSR count). The number of aliphatic hydroxyl groups is 1. The number of unbranched alkanes of at least 4 members (excludes halogenated alkanes) is 1. The first-order valence-corrected chi connectivity index (χ1v) is 18.8. The summed E-state index contributed by atoms with van der Waals surface area (Å²) in [6.07, 6.45) is -0.659. The van der Waals surface area contributed by atoms with Crippen LogP contribution in [0.15, 0.2) is 60.8 Å². The lowest BCUT2D eigenvalue weighted by atomic mass is 10.1. The molecular weight excluding hydrogens is 761 g/mol. The number of halogens is 3. The SMILES string of the molecule is CC(O)(COc1ccc(CNC(=O)CCCCN2CCN(c3cc(CC(=O)N[C@H]4CCC(=O)NC4=O)ccn3)CC2)cc1)C(=O)Nc1ccc(C#N)c(C(F)(F)F)c1. The molecule has 2 aliphatic heterocycles. The van der Waals surface area contributed by atoms with E-state index >= 15 is 0 Å². The highest BCUT2D eigenvalue weighted by atomic mass is 19.4. The number of nitrogens with zero attached hydrogens (tertiary/aromatic N) is 4. The Hall–Kier alpha value is -6.06. The molecule has 1 aromatic heterocycles. The molecule has 5 N–H and O–H groups in total. The topological polar surface area (TPSA) is 206 Å². The van der Waals surface area contributed by atoms with Gasteiger partial charge in [-0.2, -0.15) is 18.4 Å². The van der Waals surface area contributed by atoms with Crippen LogP contribution in [0.4, 0.5) is 24.7 Å². The fourth-order valence-corrected chi connectivity index (χ4v) is 6.33. The molecule has 3 aromatic rings. The van der Waals surface area contributed by atoms with Crippen LogP contribution < -0.4 is 30.9 Å². The van der Waals surface area contributed by atoms with Crippen LogP contribution in [0.25, 0.3) is 0 Å². The maximum atomic E-state index is 13.3. The Morgan fingerprint density at radius 2 is 1.74 bits per heavy atom. The van der Waals surface area contributed by atoms with Gasteiger partial charge in [0.2, 0.25) is 23.6 Å². The van der Waals surface area contributed by atoms with E-state index in [-0.39, 0.29) is 49.2 Å². The van der Waals surface area contributed by atoms with E-state index in [1.54, 1.807) is 36.5 Å². The van der Waals surface area contributed by atoms with Crippen molar-refractivity contribution in [1.29, 1.82) is 5.26 Å². The number of piperidine rings is 1. The number of hydrogen-bond donors (Lipinski definition) is 5. The standard InChI is InChI=1S/C40H45F3N8O7/c1-39(57,38(56)47-29-8-7-28(23-44)31(22-29)40(41,42)43)25-58-30-9-5-26(6-10-30)24-46-34(52)4-2-3-15-50-16-18-51(19-17-50)33-20-27(13-14-45-33)21-36(54)48-32-11-12-35(53)49-37(32)55/h5-10,13-14,20,22,32,57H,2-4,11-12,15-19,21,24-25H2,1H3,(H,46,52)(H,47,56)(H,48,54)(H,49,53,55)/t32-,39?/m0/s1. The van der Waals surface area contributed by atoms with Crippen molar-refractivity contribution in [2.24, 2.45) is 0 Å². The lowest BCUT2D eigenvalue weighted by molar-refractivity contribution is -0.138. The Bertz CT molecular complexity index is 2010. The highest BCUT2D eigenvalue weighted by molar-refractivity contribution is 6.01. The van der Waals surface area contributed by atoms with Gasteiger partial charge in [-0.25, -0.2) is 4.98 Å². The van der Waals surface area contributed by atoms with Gasteiger partial charge in [0.15, 0.2) is 5.60 Å². The van der Waals surface area contributed by atoms with Crippen molar-refractivity contribution in [1.82, 2.24) is 25.8 Å². The maximum absolute atomic E-state index is 13.3. The van der Waals surface area contributed by atoms with Gasteiger partial charge in [0.05, 0.1) is 23.6 Å². The summed E-state index contributed by atoms with van der Waals surface area (Å²) in [5, 5.41) is 29.7. The summed E-state index contributed by atoms with van der Waals surface area (Å²) in [6.45, 7) is 4.94. The number of pyridine rings is 1. The zero-order valence-electron chi connectivity index (χ0n) is 31.9. The van der Waals surface area contributed by atoms with Gasteiger partial charge in [-0.05, 0) is 86.3 Å². The normalized spacial score (nSPS) is 17.0. The molecule has 3 heterocycles. The fraction of sp³-hybridized carbons (Fsp3) is 0.425. The average molecular weight is 807 g/mol. The third-order valence-electron chi connectivity index (χ3n) is 9.70. The van der Waals surface area contributed by atoms with Gasteiger partial charge in [-0.3, -0.25) is 34.2 Å². The summed E-state index contributed by atoms with van der Waals surface area (Å²) in [5.74, 6) is -1.13. The Kier molecular flexibility index (Phi) is 14.4. The molecule has 5 amide bonds. The maximum Gasteiger partial charge on any atom is 0.417 e. The summed E-state index contributed by atoms with van der Waals surface area (Å²) >= 11 is 0. The minimum atomic E-state index is -4.81. The van der Waals surface area contributed by atoms with E-state index in [1.165, 1.54) is 6.07 Å². The summed E-state index contributed by atoms with van der Waals surface area (Å²) in [4.78, 5) is 70.0. The summed E-state index contributed by atoms with van der Waals surface area (Å²) in [5.41, 5.74) is -2.59. The van der Waals surface area contributed by atoms with Crippen LogP contribution in [0.3, 0.4) is 0 Å². The molecule has 0 spiro atoms. The summed E-state index contributed by atoms with van der Waals surface area (Å²) in [6, 6.07) is 13.7. The molecular formula is C40H45F3N8O7. The van der Waals surface area contributed by atoms with Gasteiger partial charge in [-0.15, -0.1) is 0 Å². The number of carbonyl (C=O) groups is 5. The number of ether oxygens (including phenoxy) is 1. The Labute approximate surface area is 332 Å². The number of carbonyl (C=O) groups excluding carboxylic acids is 5. The fourth-order valence-electron chi connectivity index (χ4n) is 6.33. The van der Waals surface area contributed by atoms with Crippen molar-refractivity contribution < 1.29 is 47.0 Å². The molecule has 308 valence electrons. The molecule has 58 heavy (non-hydrogen) atoms. The highest BCUT2D eigenvalue weighted by Crippen LogP contribution is 2.33. The third kappa shape index (κ3) is 12.5. The van der Waals surface area contributed by atoms with Crippen LogP contribution in [0, 0.1) is 11.3 Å². The smallest absolute Gasteiger partial charge is 0.417 e. The predicted molar refractivity (Wildman–Crippen MR) is 204 cm³/mol. The number of piperazine rings is 1. The second kappa shape index (κ2) is 19.4. The van der Waals surface area contributed by atoms with Gasteiger partial charge in [0, 0.05) is 57.4 Å². The number of anilines is 2. The first-order valence-electron chi connectivity index (χ1n) is 18.8. The lowest BCUT2D eigenvalue weighted by Gasteiger charge is -2.35. The third-order valence-corrected chi connectivity index (χ3v) is 9.70. The molecule has 1 unspecified atom stereocenters. The molecule has 0 radical (unpaired) electrons. The molecule has 0 saturated carbocycles.